The second-order valence-corrected chi connectivity index (χ2v) is 5.66. The molecule has 3 rings (SSSR count). The maximum absolute atomic E-state index is 12.9. The van der Waals surface area contributed by atoms with Gasteiger partial charge in [0.05, 0.1) is 21.9 Å². The Morgan fingerprint density at radius 2 is 2.11 bits per heavy atom. The molecular weight excluding hydrogens is 277 g/mol. The van der Waals surface area contributed by atoms with Gasteiger partial charge in [-0.15, -0.1) is 0 Å². The van der Waals surface area contributed by atoms with Crippen LogP contribution in [0.15, 0.2) is 12.1 Å². The molecule has 1 unspecified atom stereocenters. The standard InChI is InChI=1S/C12H11F3N2OS/c13-12(14,15)6-4-7-8(18)2-1-3-17-10(7)9(5-6)19-11(17)16/h4-5,8,16,18H,1-3H2. The molecule has 1 aromatic carbocycles. The van der Waals surface area contributed by atoms with Crippen LogP contribution in [0.3, 0.4) is 0 Å². The maximum atomic E-state index is 12.9. The number of alkyl halides is 3. The number of halogens is 3. The fraction of sp³-hybridized carbons (Fsp3) is 0.417. The Hall–Kier alpha value is -1.34. The van der Waals surface area contributed by atoms with E-state index in [1.165, 1.54) is 0 Å². The predicted molar refractivity (Wildman–Crippen MR) is 64.9 cm³/mol. The molecule has 1 aliphatic heterocycles. The average Bonchev–Trinajstić information content (AvgIpc) is 2.51. The van der Waals surface area contributed by atoms with Gasteiger partial charge in [0.25, 0.3) is 0 Å². The van der Waals surface area contributed by atoms with E-state index in [1.54, 1.807) is 4.57 Å². The van der Waals surface area contributed by atoms with Crippen LogP contribution in [0.4, 0.5) is 13.2 Å². The van der Waals surface area contributed by atoms with E-state index >= 15 is 0 Å². The van der Waals surface area contributed by atoms with Crippen LogP contribution in [0.2, 0.25) is 0 Å². The summed E-state index contributed by atoms with van der Waals surface area (Å²) in [7, 11) is 0. The SMILES string of the molecule is N=c1sc2cc(C(F)(F)F)cc3c2n1CCCC3O. The van der Waals surface area contributed by atoms with Crippen molar-refractivity contribution < 1.29 is 18.3 Å². The molecule has 0 saturated heterocycles. The summed E-state index contributed by atoms with van der Waals surface area (Å²) in [5.41, 5.74) is 0.106. The highest BCUT2D eigenvalue weighted by Gasteiger charge is 2.33. The first kappa shape index (κ1) is 12.7. The number of aliphatic hydroxyl groups excluding tert-OH is 1. The summed E-state index contributed by atoms with van der Waals surface area (Å²) in [5, 5.41) is 17.9. The van der Waals surface area contributed by atoms with Crippen LogP contribution in [0.5, 0.6) is 0 Å². The third-order valence-corrected chi connectivity index (χ3v) is 4.32. The van der Waals surface area contributed by atoms with Crippen LogP contribution in [0.1, 0.15) is 30.1 Å². The molecule has 2 aromatic rings. The molecule has 102 valence electrons. The lowest BCUT2D eigenvalue weighted by Gasteiger charge is -2.13. The number of nitrogens with one attached hydrogen (secondary N) is 1. The largest absolute Gasteiger partial charge is 0.416 e. The molecule has 0 bridgehead atoms. The lowest BCUT2D eigenvalue weighted by atomic mass is 10.0. The third-order valence-electron chi connectivity index (χ3n) is 3.37. The number of nitrogens with zero attached hydrogens (tertiary/aromatic N) is 1. The van der Waals surface area contributed by atoms with Crippen molar-refractivity contribution in [3.8, 4) is 0 Å². The first-order valence-corrected chi connectivity index (χ1v) is 6.66. The summed E-state index contributed by atoms with van der Waals surface area (Å²) in [6.07, 6.45) is -4.26. The summed E-state index contributed by atoms with van der Waals surface area (Å²) in [6, 6.07) is 2.08. The molecule has 1 atom stereocenters. The number of thiazole rings is 1. The average molecular weight is 288 g/mol. The normalized spacial score (nSPS) is 19.7. The Bertz CT molecular complexity index is 701. The molecule has 0 spiro atoms. The zero-order valence-electron chi connectivity index (χ0n) is 9.79. The van der Waals surface area contributed by atoms with E-state index in [1.807, 2.05) is 0 Å². The molecule has 0 radical (unpaired) electrons. The predicted octanol–water partition coefficient (Wildman–Crippen LogP) is 3.03. The minimum absolute atomic E-state index is 0.227. The fourth-order valence-electron chi connectivity index (χ4n) is 2.49. The highest BCUT2D eigenvalue weighted by Crippen LogP contribution is 2.38. The van der Waals surface area contributed by atoms with Crippen molar-refractivity contribution in [3.63, 3.8) is 0 Å². The number of hydrogen-bond acceptors (Lipinski definition) is 3. The first-order valence-electron chi connectivity index (χ1n) is 5.85. The monoisotopic (exact) mass is 288 g/mol. The molecule has 2 heterocycles. The number of rotatable bonds is 0. The van der Waals surface area contributed by atoms with Gasteiger partial charge in [0, 0.05) is 12.1 Å². The summed E-state index contributed by atoms with van der Waals surface area (Å²) in [5.74, 6) is 0. The van der Waals surface area contributed by atoms with Crippen molar-refractivity contribution in [2.24, 2.45) is 0 Å². The zero-order chi connectivity index (χ0) is 13.8. The lowest BCUT2D eigenvalue weighted by Crippen LogP contribution is -2.12. The molecule has 19 heavy (non-hydrogen) atoms. The Morgan fingerprint density at radius 1 is 1.37 bits per heavy atom. The number of aliphatic hydroxyl groups is 1. The van der Waals surface area contributed by atoms with Gasteiger partial charge in [-0.05, 0) is 25.0 Å². The molecule has 0 aliphatic carbocycles. The number of aryl methyl sites for hydroxylation is 1. The van der Waals surface area contributed by atoms with E-state index in [-0.39, 0.29) is 10.4 Å². The van der Waals surface area contributed by atoms with E-state index in [9.17, 15) is 18.3 Å². The van der Waals surface area contributed by atoms with E-state index in [4.69, 9.17) is 5.41 Å². The van der Waals surface area contributed by atoms with Crippen molar-refractivity contribution in [2.45, 2.75) is 31.7 Å². The molecule has 0 amide bonds. The van der Waals surface area contributed by atoms with Gasteiger partial charge < -0.3 is 9.67 Å². The van der Waals surface area contributed by atoms with Crippen LogP contribution in [0.25, 0.3) is 10.2 Å². The van der Waals surface area contributed by atoms with Crippen LogP contribution in [-0.2, 0) is 12.7 Å². The van der Waals surface area contributed by atoms with Crippen LogP contribution < -0.4 is 4.80 Å². The number of hydrogen-bond donors (Lipinski definition) is 2. The van der Waals surface area contributed by atoms with Crippen molar-refractivity contribution in [1.82, 2.24) is 4.57 Å². The highest BCUT2D eigenvalue weighted by atomic mass is 32.1. The Labute approximate surface area is 110 Å². The smallest absolute Gasteiger partial charge is 0.388 e. The van der Waals surface area contributed by atoms with Crippen molar-refractivity contribution in [1.29, 1.82) is 5.41 Å². The van der Waals surface area contributed by atoms with Crippen LogP contribution in [0, 0.1) is 5.41 Å². The number of aromatic nitrogens is 1. The molecule has 1 aromatic heterocycles. The van der Waals surface area contributed by atoms with Crippen molar-refractivity contribution in [2.75, 3.05) is 0 Å². The van der Waals surface area contributed by atoms with Gasteiger partial charge >= 0.3 is 6.18 Å². The minimum atomic E-state index is -4.44. The third kappa shape index (κ3) is 1.97. The van der Waals surface area contributed by atoms with Crippen molar-refractivity contribution >= 4 is 21.6 Å². The van der Waals surface area contributed by atoms with Crippen LogP contribution in [-0.4, -0.2) is 9.67 Å². The fourth-order valence-corrected chi connectivity index (χ4v) is 3.50. The topological polar surface area (TPSA) is 49.0 Å². The van der Waals surface area contributed by atoms with E-state index in [2.05, 4.69) is 0 Å². The Morgan fingerprint density at radius 3 is 2.79 bits per heavy atom. The van der Waals surface area contributed by atoms with Gasteiger partial charge in [0.15, 0.2) is 4.80 Å². The quantitative estimate of drug-likeness (QED) is 0.769. The van der Waals surface area contributed by atoms with E-state index < -0.39 is 17.8 Å². The Balaban J connectivity index is 2.39. The summed E-state index contributed by atoms with van der Waals surface area (Å²) in [6.45, 7) is 0.564. The van der Waals surface area contributed by atoms with Crippen LogP contribution >= 0.6 is 11.3 Å². The lowest BCUT2D eigenvalue weighted by molar-refractivity contribution is -0.137. The second-order valence-electron chi connectivity index (χ2n) is 4.63. The second kappa shape index (κ2) is 4.08. The summed E-state index contributed by atoms with van der Waals surface area (Å²) < 4.78 is 40.7. The Kier molecular flexibility index (Phi) is 2.72. The van der Waals surface area contributed by atoms with E-state index in [0.29, 0.717) is 29.6 Å². The first-order chi connectivity index (χ1) is 8.88. The molecule has 0 saturated carbocycles. The maximum Gasteiger partial charge on any atom is 0.416 e. The molecule has 1 aliphatic rings. The zero-order valence-corrected chi connectivity index (χ0v) is 10.6. The van der Waals surface area contributed by atoms with Gasteiger partial charge in [-0.3, -0.25) is 5.41 Å². The van der Waals surface area contributed by atoms with E-state index in [0.717, 1.165) is 23.5 Å². The van der Waals surface area contributed by atoms with Gasteiger partial charge in [-0.2, -0.15) is 13.2 Å². The number of benzene rings is 1. The van der Waals surface area contributed by atoms with Gasteiger partial charge in [0.1, 0.15) is 0 Å². The molecule has 0 fully saturated rings. The molecule has 7 heteroatoms. The molecule has 2 N–H and O–H groups in total. The highest BCUT2D eigenvalue weighted by molar-refractivity contribution is 7.16. The minimum Gasteiger partial charge on any atom is -0.388 e. The van der Waals surface area contributed by atoms with Gasteiger partial charge in [-0.25, -0.2) is 0 Å². The molecule has 3 nitrogen and oxygen atoms in total. The van der Waals surface area contributed by atoms with Crippen molar-refractivity contribution in [3.05, 3.63) is 28.1 Å². The van der Waals surface area contributed by atoms with Gasteiger partial charge in [-0.1, -0.05) is 11.3 Å². The summed E-state index contributed by atoms with van der Waals surface area (Å²) in [4.78, 5) is 0.227. The van der Waals surface area contributed by atoms with Gasteiger partial charge in [0.2, 0.25) is 0 Å². The molecular formula is C12H11F3N2OS. The summed E-state index contributed by atoms with van der Waals surface area (Å²) >= 11 is 1.02.